The normalized spacial score (nSPS) is 28.1. The van der Waals surface area contributed by atoms with Crippen molar-refractivity contribution in [1.82, 2.24) is 4.90 Å². The summed E-state index contributed by atoms with van der Waals surface area (Å²) in [4.78, 5) is 2.34. The maximum Gasteiger partial charge on any atom is 0.165 e. The van der Waals surface area contributed by atoms with Gasteiger partial charge in [-0.25, -0.2) is 4.39 Å². The number of morpholine rings is 1. The van der Waals surface area contributed by atoms with Crippen molar-refractivity contribution in [3.05, 3.63) is 29.6 Å². The van der Waals surface area contributed by atoms with E-state index in [1.165, 1.54) is 18.9 Å². The van der Waals surface area contributed by atoms with Crippen LogP contribution in [0.2, 0.25) is 0 Å². The molecule has 1 aliphatic carbocycles. The highest BCUT2D eigenvalue weighted by atomic mass is 19.1. The van der Waals surface area contributed by atoms with Crippen LogP contribution in [0.1, 0.15) is 31.2 Å². The summed E-state index contributed by atoms with van der Waals surface area (Å²) in [6.07, 6.45) is 5.05. The third-order valence-electron chi connectivity index (χ3n) is 4.29. The van der Waals surface area contributed by atoms with Crippen LogP contribution < -0.4 is 0 Å². The molecule has 3 rings (SSSR count). The van der Waals surface area contributed by atoms with E-state index in [9.17, 15) is 9.50 Å². The molecule has 4 heteroatoms. The van der Waals surface area contributed by atoms with E-state index in [4.69, 9.17) is 4.74 Å². The van der Waals surface area contributed by atoms with Crippen LogP contribution >= 0.6 is 0 Å². The van der Waals surface area contributed by atoms with Crippen LogP contribution in [-0.2, 0) is 11.3 Å². The highest BCUT2D eigenvalue weighted by Crippen LogP contribution is 2.31. The minimum Gasteiger partial charge on any atom is -0.505 e. The van der Waals surface area contributed by atoms with E-state index in [0.717, 1.165) is 26.0 Å². The third kappa shape index (κ3) is 2.60. The zero-order valence-electron chi connectivity index (χ0n) is 11.0. The molecule has 2 fully saturated rings. The average Bonchev–Trinajstić information content (AvgIpc) is 2.44. The predicted molar refractivity (Wildman–Crippen MR) is 70.5 cm³/mol. The van der Waals surface area contributed by atoms with Gasteiger partial charge in [-0.15, -0.1) is 0 Å². The summed E-state index contributed by atoms with van der Waals surface area (Å²) in [5.74, 6) is -0.743. The number of rotatable bonds is 2. The molecule has 1 aromatic rings. The van der Waals surface area contributed by atoms with Crippen LogP contribution in [-0.4, -0.2) is 35.3 Å². The van der Waals surface area contributed by atoms with Gasteiger partial charge < -0.3 is 9.84 Å². The van der Waals surface area contributed by atoms with Gasteiger partial charge >= 0.3 is 0 Å². The summed E-state index contributed by atoms with van der Waals surface area (Å²) in [6.45, 7) is 2.20. The molecule has 104 valence electrons. The lowest BCUT2D eigenvalue weighted by molar-refractivity contribution is -0.0912. The molecular weight excluding hydrogens is 245 g/mol. The molecule has 2 aliphatic rings. The van der Waals surface area contributed by atoms with Crippen molar-refractivity contribution in [2.45, 2.75) is 44.4 Å². The van der Waals surface area contributed by atoms with Crippen molar-refractivity contribution < 1.29 is 14.2 Å². The van der Waals surface area contributed by atoms with Gasteiger partial charge in [0.15, 0.2) is 11.6 Å². The maximum absolute atomic E-state index is 13.4. The molecule has 1 saturated carbocycles. The van der Waals surface area contributed by atoms with Crippen molar-refractivity contribution in [2.75, 3.05) is 13.2 Å². The Bertz CT molecular complexity index is 450. The molecule has 1 N–H and O–H groups in total. The SMILES string of the molecule is Oc1c(F)cccc1CN1CCOC2CCCCC21. The summed E-state index contributed by atoms with van der Waals surface area (Å²) < 4.78 is 19.2. The number of fused-ring (bicyclic) bond motifs is 1. The van der Waals surface area contributed by atoms with Crippen LogP contribution in [0, 0.1) is 5.82 Å². The monoisotopic (exact) mass is 265 g/mol. The van der Waals surface area contributed by atoms with Crippen molar-refractivity contribution in [3.63, 3.8) is 0 Å². The minimum atomic E-state index is -0.536. The zero-order valence-corrected chi connectivity index (χ0v) is 11.0. The lowest BCUT2D eigenvalue weighted by atomic mass is 9.90. The van der Waals surface area contributed by atoms with Crippen molar-refractivity contribution in [3.8, 4) is 5.75 Å². The van der Waals surface area contributed by atoms with Gasteiger partial charge in [0.1, 0.15) is 0 Å². The molecule has 1 aromatic carbocycles. The Morgan fingerprint density at radius 3 is 3.05 bits per heavy atom. The average molecular weight is 265 g/mol. The molecule has 3 nitrogen and oxygen atoms in total. The maximum atomic E-state index is 13.4. The van der Waals surface area contributed by atoms with E-state index in [-0.39, 0.29) is 5.75 Å². The molecule has 19 heavy (non-hydrogen) atoms. The lowest BCUT2D eigenvalue weighted by Gasteiger charge is -2.43. The first-order valence-corrected chi connectivity index (χ1v) is 7.08. The van der Waals surface area contributed by atoms with Gasteiger partial charge in [0.05, 0.1) is 12.7 Å². The Kier molecular flexibility index (Phi) is 3.71. The molecular formula is C15H20FNO2. The number of ether oxygens (including phenoxy) is 1. The highest BCUT2D eigenvalue weighted by Gasteiger charge is 2.34. The summed E-state index contributed by atoms with van der Waals surface area (Å²) in [7, 11) is 0. The second kappa shape index (κ2) is 5.47. The van der Waals surface area contributed by atoms with Gasteiger partial charge in [-0.05, 0) is 18.9 Å². The summed E-state index contributed by atoms with van der Waals surface area (Å²) >= 11 is 0. The fourth-order valence-electron chi connectivity index (χ4n) is 3.28. The quantitative estimate of drug-likeness (QED) is 0.892. The first-order valence-electron chi connectivity index (χ1n) is 7.08. The van der Waals surface area contributed by atoms with Crippen LogP contribution in [0.3, 0.4) is 0 Å². The Hall–Kier alpha value is -1.13. The van der Waals surface area contributed by atoms with Gasteiger partial charge in [-0.1, -0.05) is 25.0 Å². The standard InChI is InChI=1S/C15H20FNO2/c16-12-5-3-4-11(15(12)18)10-17-8-9-19-14-7-2-1-6-13(14)17/h3-5,13-14,18H,1-2,6-10H2. The number of hydrogen-bond acceptors (Lipinski definition) is 3. The fraction of sp³-hybridized carbons (Fsp3) is 0.600. The molecule has 1 aliphatic heterocycles. The smallest absolute Gasteiger partial charge is 0.165 e. The van der Waals surface area contributed by atoms with Crippen molar-refractivity contribution in [1.29, 1.82) is 0 Å². The number of phenolic OH excluding ortho intramolecular Hbond substituents is 1. The van der Waals surface area contributed by atoms with E-state index >= 15 is 0 Å². The number of halogens is 1. The summed E-state index contributed by atoms with van der Waals surface area (Å²) in [5, 5.41) is 9.79. The van der Waals surface area contributed by atoms with E-state index in [1.807, 2.05) is 0 Å². The number of hydrogen-bond donors (Lipinski definition) is 1. The second-order valence-corrected chi connectivity index (χ2v) is 5.48. The molecule has 1 heterocycles. The minimum absolute atomic E-state index is 0.207. The molecule has 2 unspecified atom stereocenters. The number of para-hydroxylation sites is 1. The molecule has 0 aromatic heterocycles. The van der Waals surface area contributed by atoms with E-state index < -0.39 is 5.82 Å². The van der Waals surface area contributed by atoms with Crippen molar-refractivity contribution in [2.24, 2.45) is 0 Å². The largest absolute Gasteiger partial charge is 0.505 e. The molecule has 0 bridgehead atoms. The van der Waals surface area contributed by atoms with E-state index in [1.54, 1.807) is 12.1 Å². The van der Waals surface area contributed by atoms with E-state index in [0.29, 0.717) is 24.3 Å². The fourth-order valence-corrected chi connectivity index (χ4v) is 3.28. The van der Waals surface area contributed by atoms with E-state index in [2.05, 4.69) is 4.90 Å². The van der Waals surface area contributed by atoms with Crippen LogP contribution in [0.25, 0.3) is 0 Å². The Balaban J connectivity index is 1.76. The second-order valence-electron chi connectivity index (χ2n) is 5.48. The Labute approximate surface area is 113 Å². The zero-order chi connectivity index (χ0) is 13.2. The van der Waals surface area contributed by atoms with Gasteiger partial charge in [0.2, 0.25) is 0 Å². The van der Waals surface area contributed by atoms with Crippen LogP contribution in [0.4, 0.5) is 4.39 Å². The van der Waals surface area contributed by atoms with Crippen LogP contribution in [0.5, 0.6) is 5.75 Å². The van der Waals surface area contributed by atoms with Crippen LogP contribution in [0.15, 0.2) is 18.2 Å². The highest BCUT2D eigenvalue weighted by molar-refractivity contribution is 5.33. The number of benzene rings is 1. The first-order chi connectivity index (χ1) is 9.25. The molecule has 0 radical (unpaired) electrons. The number of phenols is 1. The predicted octanol–water partition coefficient (Wildman–Crippen LogP) is 2.67. The molecule has 0 amide bonds. The third-order valence-corrected chi connectivity index (χ3v) is 4.29. The molecule has 2 atom stereocenters. The Morgan fingerprint density at radius 1 is 1.32 bits per heavy atom. The topological polar surface area (TPSA) is 32.7 Å². The van der Waals surface area contributed by atoms with Gasteiger partial charge in [0, 0.05) is 24.7 Å². The molecule has 0 spiro atoms. The van der Waals surface area contributed by atoms with Gasteiger partial charge in [-0.3, -0.25) is 4.90 Å². The summed E-state index contributed by atoms with van der Waals surface area (Å²) in [6, 6.07) is 5.17. The summed E-state index contributed by atoms with van der Waals surface area (Å²) in [5.41, 5.74) is 0.672. The van der Waals surface area contributed by atoms with Crippen molar-refractivity contribution >= 4 is 0 Å². The number of nitrogens with zero attached hydrogens (tertiary/aromatic N) is 1. The Morgan fingerprint density at radius 2 is 2.16 bits per heavy atom. The van der Waals surface area contributed by atoms with Gasteiger partial charge in [-0.2, -0.15) is 0 Å². The first kappa shape index (κ1) is 12.9. The van der Waals surface area contributed by atoms with Gasteiger partial charge in [0.25, 0.3) is 0 Å². The number of aromatic hydroxyl groups is 1. The lowest BCUT2D eigenvalue weighted by Crippen LogP contribution is -2.52. The molecule has 1 saturated heterocycles.